The first-order chi connectivity index (χ1) is 9.54. The zero-order chi connectivity index (χ0) is 14.3. The average Bonchev–Trinajstić information content (AvgIpc) is 2.74. The molecule has 0 aromatic heterocycles. The van der Waals surface area contributed by atoms with Crippen molar-refractivity contribution >= 4 is 22.8 Å². The largest absolute Gasteiger partial charge is 0.397 e. The minimum atomic E-state index is -0.712. The van der Waals surface area contributed by atoms with Crippen LogP contribution in [0.1, 0.15) is 22.3 Å². The van der Waals surface area contributed by atoms with E-state index in [1.165, 1.54) is 6.07 Å². The van der Waals surface area contributed by atoms with E-state index in [1.54, 1.807) is 12.1 Å². The summed E-state index contributed by atoms with van der Waals surface area (Å²) in [7, 11) is 0. The first kappa shape index (κ1) is 12.6. The summed E-state index contributed by atoms with van der Waals surface area (Å²) in [4.78, 5) is 11.7. The van der Waals surface area contributed by atoms with Crippen molar-refractivity contribution in [3.63, 3.8) is 0 Å². The highest BCUT2D eigenvalue weighted by Crippen LogP contribution is 2.32. The van der Waals surface area contributed by atoms with Crippen LogP contribution in [0.4, 0.5) is 25.8 Å². The summed E-state index contributed by atoms with van der Waals surface area (Å²) >= 11 is 0. The second-order valence-electron chi connectivity index (χ2n) is 4.77. The zero-order valence-electron chi connectivity index (χ0n) is 10.5. The molecule has 0 aliphatic heterocycles. The minimum Gasteiger partial charge on any atom is -0.397 e. The van der Waals surface area contributed by atoms with Crippen molar-refractivity contribution in [2.24, 2.45) is 0 Å². The fraction of sp³-hybridized carbons (Fsp3) is 0.133. The molecule has 0 amide bonds. The number of nitrogen functional groups attached to an aromatic ring is 1. The molecule has 2 aromatic rings. The quantitative estimate of drug-likeness (QED) is 0.825. The standard InChI is InChI=1S/C15H12F2N2O/c16-9-2-3-13(11(17)6-9)19-14-7-10-8(5-12(14)18)1-4-15(10)20/h2-3,5-7,19H,1,4,18H2. The molecule has 0 saturated heterocycles. The molecule has 102 valence electrons. The molecule has 0 atom stereocenters. The summed E-state index contributed by atoms with van der Waals surface area (Å²) in [6, 6.07) is 6.59. The van der Waals surface area contributed by atoms with Crippen molar-refractivity contribution in [1.82, 2.24) is 0 Å². The SMILES string of the molecule is Nc1cc2c(cc1Nc1ccc(F)cc1F)C(=O)CC2. The van der Waals surface area contributed by atoms with Gasteiger partial charge in [-0.1, -0.05) is 0 Å². The lowest BCUT2D eigenvalue weighted by atomic mass is 10.1. The maximum atomic E-state index is 13.6. The molecule has 1 aliphatic carbocycles. The number of halogens is 2. The molecule has 0 spiro atoms. The van der Waals surface area contributed by atoms with E-state index in [1.807, 2.05) is 0 Å². The minimum absolute atomic E-state index is 0.0580. The van der Waals surface area contributed by atoms with Crippen LogP contribution in [0.2, 0.25) is 0 Å². The number of benzene rings is 2. The number of hydrogen-bond donors (Lipinski definition) is 2. The number of carbonyl (C=O) groups excluding carboxylic acids is 1. The molecule has 1 aliphatic rings. The molecule has 3 N–H and O–H groups in total. The van der Waals surface area contributed by atoms with Gasteiger partial charge in [-0.15, -0.1) is 0 Å². The van der Waals surface area contributed by atoms with E-state index in [0.717, 1.165) is 17.7 Å². The van der Waals surface area contributed by atoms with E-state index in [9.17, 15) is 13.6 Å². The van der Waals surface area contributed by atoms with E-state index in [4.69, 9.17) is 5.73 Å². The maximum absolute atomic E-state index is 13.6. The van der Waals surface area contributed by atoms with E-state index in [2.05, 4.69) is 5.32 Å². The molecule has 20 heavy (non-hydrogen) atoms. The maximum Gasteiger partial charge on any atom is 0.163 e. The molecular formula is C15H12F2N2O. The van der Waals surface area contributed by atoms with Gasteiger partial charge in [-0.25, -0.2) is 8.78 Å². The van der Waals surface area contributed by atoms with E-state index >= 15 is 0 Å². The summed E-state index contributed by atoms with van der Waals surface area (Å²) in [5, 5.41) is 2.80. The van der Waals surface area contributed by atoms with Gasteiger partial charge in [-0.3, -0.25) is 4.79 Å². The summed E-state index contributed by atoms with van der Waals surface area (Å²) in [5.74, 6) is -1.30. The predicted octanol–water partition coefficient (Wildman–Crippen LogP) is 3.42. The third kappa shape index (κ3) is 2.11. The first-order valence-corrected chi connectivity index (χ1v) is 6.22. The lowest BCUT2D eigenvalue weighted by Gasteiger charge is -2.12. The van der Waals surface area contributed by atoms with Crippen molar-refractivity contribution < 1.29 is 13.6 Å². The van der Waals surface area contributed by atoms with Gasteiger partial charge in [0, 0.05) is 18.1 Å². The smallest absolute Gasteiger partial charge is 0.163 e. The van der Waals surface area contributed by atoms with Crippen LogP contribution in [0.3, 0.4) is 0 Å². The lowest BCUT2D eigenvalue weighted by Crippen LogP contribution is -2.01. The van der Waals surface area contributed by atoms with Gasteiger partial charge in [0.05, 0.1) is 17.1 Å². The Labute approximate surface area is 114 Å². The second kappa shape index (κ2) is 4.59. The number of anilines is 3. The monoisotopic (exact) mass is 274 g/mol. The van der Waals surface area contributed by atoms with Gasteiger partial charge in [0.25, 0.3) is 0 Å². The van der Waals surface area contributed by atoms with Crippen LogP contribution in [-0.4, -0.2) is 5.78 Å². The molecule has 5 heteroatoms. The Bertz CT molecular complexity index is 713. The fourth-order valence-corrected chi connectivity index (χ4v) is 2.36. The third-order valence-corrected chi connectivity index (χ3v) is 3.40. The van der Waals surface area contributed by atoms with Crippen LogP contribution in [0.25, 0.3) is 0 Å². The second-order valence-corrected chi connectivity index (χ2v) is 4.77. The molecule has 0 heterocycles. The number of Topliss-reactive ketones (excluding diaryl/α,β-unsaturated/α-hetero) is 1. The number of hydrogen-bond acceptors (Lipinski definition) is 3. The highest BCUT2D eigenvalue weighted by Gasteiger charge is 2.21. The molecule has 3 rings (SSSR count). The van der Waals surface area contributed by atoms with Crippen molar-refractivity contribution in [1.29, 1.82) is 0 Å². The molecule has 0 saturated carbocycles. The fourth-order valence-electron chi connectivity index (χ4n) is 2.36. The number of rotatable bonds is 2. The summed E-state index contributed by atoms with van der Waals surface area (Å²) in [6.07, 6.45) is 1.16. The highest BCUT2D eigenvalue weighted by molar-refractivity contribution is 6.02. The zero-order valence-corrected chi connectivity index (χ0v) is 10.5. The normalized spacial score (nSPS) is 13.4. The molecule has 0 unspecified atom stereocenters. The van der Waals surface area contributed by atoms with Crippen LogP contribution in [0.15, 0.2) is 30.3 Å². The van der Waals surface area contributed by atoms with Crippen LogP contribution >= 0.6 is 0 Å². The number of ketones is 1. The Kier molecular flexibility index (Phi) is 2.89. The van der Waals surface area contributed by atoms with Crippen molar-refractivity contribution in [2.75, 3.05) is 11.1 Å². The van der Waals surface area contributed by atoms with Gasteiger partial charge in [0.1, 0.15) is 11.6 Å². The van der Waals surface area contributed by atoms with E-state index in [-0.39, 0.29) is 11.5 Å². The van der Waals surface area contributed by atoms with E-state index in [0.29, 0.717) is 29.8 Å². The van der Waals surface area contributed by atoms with E-state index < -0.39 is 11.6 Å². The average molecular weight is 274 g/mol. The number of nitrogens with one attached hydrogen (secondary N) is 1. The number of aryl methyl sites for hydroxylation is 1. The Balaban J connectivity index is 1.99. The van der Waals surface area contributed by atoms with Gasteiger partial charge in [0.2, 0.25) is 0 Å². The first-order valence-electron chi connectivity index (χ1n) is 6.22. The Morgan fingerprint density at radius 1 is 1.05 bits per heavy atom. The Hall–Kier alpha value is -2.43. The van der Waals surface area contributed by atoms with Crippen LogP contribution < -0.4 is 11.1 Å². The van der Waals surface area contributed by atoms with Crippen LogP contribution in [0.5, 0.6) is 0 Å². The van der Waals surface area contributed by atoms with Crippen molar-refractivity contribution in [3.05, 3.63) is 53.1 Å². The Morgan fingerprint density at radius 2 is 1.85 bits per heavy atom. The third-order valence-electron chi connectivity index (χ3n) is 3.40. The number of fused-ring (bicyclic) bond motifs is 1. The summed E-state index contributed by atoms with van der Waals surface area (Å²) < 4.78 is 26.5. The molecule has 0 bridgehead atoms. The van der Waals surface area contributed by atoms with Gasteiger partial charge < -0.3 is 11.1 Å². The predicted molar refractivity (Wildman–Crippen MR) is 73.1 cm³/mol. The van der Waals surface area contributed by atoms with Gasteiger partial charge in [-0.2, -0.15) is 0 Å². The summed E-state index contributed by atoms with van der Waals surface area (Å²) in [6.45, 7) is 0. The van der Waals surface area contributed by atoms with Crippen LogP contribution in [-0.2, 0) is 6.42 Å². The molecule has 0 radical (unpaired) electrons. The van der Waals surface area contributed by atoms with Gasteiger partial charge in [0.15, 0.2) is 5.78 Å². The molecular weight excluding hydrogens is 262 g/mol. The topological polar surface area (TPSA) is 55.1 Å². The molecule has 3 nitrogen and oxygen atoms in total. The molecule has 2 aromatic carbocycles. The van der Waals surface area contributed by atoms with Crippen molar-refractivity contribution in [3.8, 4) is 0 Å². The highest BCUT2D eigenvalue weighted by atomic mass is 19.1. The van der Waals surface area contributed by atoms with Gasteiger partial charge >= 0.3 is 0 Å². The molecule has 0 fully saturated rings. The van der Waals surface area contributed by atoms with Crippen LogP contribution in [0, 0.1) is 11.6 Å². The lowest BCUT2D eigenvalue weighted by molar-refractivity contribution is 0.0994. The summed E-state index contributed by atoms with van der Waals surface area (Å²) in [5.41, 5.74) is 8.42. The number of nitrogens with two attached hydrogens (primary N) is 1. The van der Waals surface area contributed by atoms with Gasteiger partial charge in [-0.05, 0) is 36.2 Å². The Morgan fingerprint density at radius 3 is 2.60 bits per heavy atom. The number of carbonyl (C=O) groups is 1. The van der Waals surface area contributed by atoms with Crippen molar-refractivity contribution in [2.45, 2.75) is 12.8 Å².